The van der Waals surface area contributed by atoms with Gasteiger partial charge >= 0.3 is 0 Å². The molecule has 2 aromatic rings. The number of rotatable bonds is 5. The van der Waals surface area contributed by atoms with Gasteiger partial charge in [0.15, 0.2) is 5.82 Å². The lowest BCUT2D eigenvalue weighted by atomic mass is 10.1. The van der Waals surface area contributed by atoms with Crippen molar-refractivity contribution in [3.05, 3.63) is 41.6 Å². The first-order valence-electron chi connectivity index (χ1n) is 10.5. The number of nitrogens with zero attached hydrogens (tertiary/aromatic N) is 5. The van der Waals surface area contributed by atoms with Crippen LogP contribution in [0.15, 0.2) is 30.5 Å². The summed E-state index contributed by atoms with van der Waals surface area (Å²) in [6.45, 7) is 8.13. The molecule has 2 aliphatic rings. The van der Waals surface area contributed by atoms with Gasteiger partial charge in [0.2, 0.25) is 5.91 Å². The van der Waals surface area contributed by atoms with E-state index >= 15 is 0 Å². The number of carbonyl (C=O) groups is 1. The molecule has 1 aromatic heterocycles. The van der Waals surface area contributed by atoms with E-state index < -0.39 is 0 Å². The largest absolute Gasteiger partial charge is 0.496 e. The fraction of sp³-hybridized carbons (Fsp3) is 0.500. The average Bonchev–Trinajstić information content (AvgIpc) is 2.80. The number of benzene rings is 1. The fourth-order valence-corrected chi connectivity index (χ4v) is 4.02. The summed E-state index contributed by atoms with van der Waals surface area (Å²) in [7, 11) is 1.66. The number of carbonyl (C=O) groups excluding carboxylic acids is 1. The van der Waals surface area contributed by atoms with Crippen molar-refractivity contribution in [3.8, 4) is 5.75 Å². The molecule has 160 valence electrons. The Morgan fingerprint density at radius 3 is 2.53 bits per heavy atom. The molecule has 2 aliphatic heterocycles. The van der Waals surface area contributed by atoms with Gasteiger partial charge in [0.25, 0.3) is 0 Å². The van der Waals surface area contributed by atoms with E-state index in [-0.39, 0.29) is 5.91 Å². The molecule has 4 rings (SSSR count). The number of piperazine rings is 1. The van der Waals surface area contributed by atoms with E-state index in [1.165, 1.54) is 0 Å². The fourth-order valence-electron chi connectivity index (χ4n) is 4.02. The highest BCUT2D eigenvalue weighted by Gasteiger charge is 2.23. The van der Waals surface area contributed by atoms with Crippen molar-refractivity contribution in [2.45, 2.75) is 13.3 Å². The molecule has 0 saturated carbocycles. The number of aromatic nitrogens is 2. The molecule has 0 aliphatic carbocycles. The second-order valence-corrected chi connectivity index (χ2v) is 7.72. The molecule has 1 aromatic carbocycles. The number of aryl methyl sites for hydroxylation is 1. The molecule has 2 fully saturated rings. The lowest BCUT2D eigenvalue weighted by Crippen LogP contribution is -2.49. The third-order valence-corrected chi connectivity index (χ3v) is 5.77. The van der Waals surface area contributed by atoms with Gasteiger partial charge in [-0.2, -0.15) is 5.10 Å². The molecule has 0 unspecified atom stereocenters. The summed E-state index contributed by atoms with van der Waals surface area (Å²) in [6, 6.07) is 8.02. The number of morpholine rings is 1. The lowest BCUT2D eigenvalue weighted by molar-refractivity contribution is -0.130. The van der Waals surface area contributed by atoms with Crippen molar-refractivity contribution >= 4 is 17.4 Å². The number of anilines is 2. The molecule has 8 heteroatoms. The average molecular weight is 412 g/mol. The highest BCUT2D eigenvalue weighted by molar-refractivity contribution is 5.79. The summed E-state index contributed by atoms with van der Waals surface area (Å²) in [5, 5.41) is 8.49. The van der Waals surface area contributed by atoms with Crippen LogP contribution in [0.5, 0.6) is 5.75 Å². The SMILES string of the molecule is COc1ccc(CC(=O)N2CCN(c3cnnc(N4CCOCC4)c3)CC2)cc1C. The van der Waals surface area contributed by atoms with E-state index in [9.17, 15) is 4.79 Å². The summed E-state index contributed by atoms with van der Waals surface area (Å²) in [4.78, 5) is 19.2. The van der Waals surface area contributed by atoms with Gasteiger partial charge < -0.3 is 24.2 Å². The maximum Gasteiger partial charge on any atom is 0.227 e. The summed E-state index contributed by atoms with van der Waals surface area (Å²) in [5.74, 6) is 1.91. The van der Waals surface area contributed by atoms with E-state index in [2.05, 4.69) is 26.1 Å². The maximum absolute atomic E-state index is 12.8. The molecule has 0 spiro atoms. The Kier molecular flexibility index (Phi) is 6.32. The van der Waals surface area contributed by atoms with Crippen LogP contribution in [0.25, 0.3) is 0 Å². The minimum absolute atomic E-state index is 0.168. The summed E-state index contributed by atoms with van der Waals surface area (Å²) < 4.78 is 10.7. The van der Waals surface area contributed by atoms with Crippen LogP contribution in [0, 0.1) is 6.92 Å². The molecule has 8 nitrogen and oxygen atoms in total. The van der Waals surface area contributed by atoms with Crippen LogP contribution in [0.2, 0.25) is 0 Å². The van der Waals surface area contributed by atoms with Crippen LogP contribution in [0.3, 0.4) is 0 Å². The van der Waals surface area contributed by atoms with Gasteiger partial charge in [-0.1, -0.05) is 12.1 Å². The first kappa shape index (κ1) is 20.4. The molecular formula is C22H29N5O3. The summed E-state index contributed by atoms with van der Waals surface area (Å²) in [6.07, 6.45) is 2.23. The maximum atomic E-state index is 12.8. The molecular weight excluding hydrogens is 382 g/mol. The quantitative estimate of drug-likeness (QED) is 0.739. The standard InChI is InChI=1S/C22H29N5O3/c1-17-13-18(3-4-20(17)29-2)14-22(28)27-7-5-25(6-8-27)19-15-21(24-23-16-19)26-9-11-30-12-10-26/h3-4,13,15-16H,5-12,14H2,1-2H3. The second-order valence-electron chi connectivity index (χ2n) is 7.72. The smallest absolute Gasteiger partial charge is 0.227 e. The van der Waals surface area contributed by atoms with Crippen molar-refractivity contribution < 1.29 is 14.3 Å². The monoisotopic (exact) mass is 411 g/mol. The van der Waals surface area contributed by atoms with Crippen molar-refractivity contribution in [1.29, 1.82) is 0 Å². The zero-order chi connectivity index (χ0) is 20.9. The molecule has 0 bridgehead atoms. The molecule has 0 N–H and O–H groups in total. The predicted molar refractivity (Wildman–Crippen MR) is 115 cm³/mol. The number of hydrogen-bond acceptors (Lipinski definition) is 7. The summed E-state index contributed by atoms with van der Waals surface area (Å²) >= 11 is 0. The Bertz CT molecular complexity index is 877. The number of methoxy groups -OCH3 is 1. The Hall–Kier alpha value is -2.87. The Morgan fingerprint density at radius 2 is 1.83 bits per heavy atom. The van der Waals surface area contributed by atoms with Gasteiger partial charge in [-0.15, -0.1) is 5.10 Å². The van der Waals surface area contributed by atoms with E-state index in [4.69, 9.17) is 9.47 Å². The van der Waals surface area contributed by atoms with Gasteiger partial charge in [0.1, 0.15) is 5.75 Å². The van der Waals surface area contributed by atoms with Crippen molar-refractivity contribution in [2.75, 3.05) is 69.4 Å². The number of amides is 1. The normalized spacial score (nSPS) is 17.2. The Morgan fingerprint density at radius 1 is 1.07 bits per heavy atom. The summed E-state index contributed by atoms with van der Waals surface area (Å²) in [5.41, 5.74) is 3.13. The van der Waals surface area contributed by atoms with Gasteiger partial charge in [-0.25, -0.2) is 0 Å². The number of ether oxygens (including phenoxy) is 2. The van der Waals surface area contributed by atoms with Gasteiger partial charge in [0, 0.05) is 45.3 Å². The Balaban J connectivity index is 1.33. The molecule has 30 heavy (non-hydrogen) atoms. The molecule has 2 saturated heterocycles. The molecule has 0 atom stereocenters. The van der Waals surface area contributed by atoms with E-state index in [0.717, 1.165) is 67.8 Å². The van der Waals surface area contributed by atoms with Crippen molar-refractivity contribution in [3.63, 3.8) is 0 Å². The molecule has 1 amide bonds. The van der Waals surface area contributed by atoms with Gasteiger partial charge in [0.05, 0.1) is 38.6 Å². The van der Waals surface area contributed by atoms with Crippen molar-refractivity contribution in [2.24, 2.45) is 0 Å². The van der Waals surface area contributed by atoms with Crippen LogP contribution in [0.1, 0.15) is 11.1 Å². The van der Waals surface area contributed by atoms with Gasteiger partial charge in [-0.05, 0) is 24.1 Å². The van der Waals surface area contributed by atoms with Crippen molar-refractivity contribution in [1.82, 2.24) is 15.1 Å². The zero-order valence-corrected chi connectivity index (χ0v) is 17.7. The third kappa shape index (κ3) is 4.64. The Labute approximate surface area is 177 Å². The topological polar surface area (TPSA) is 71.0 Å². The third-order valence-electron chi connectivity index (χ3n) is 5.77. The highest BCUT2D eigenvalue weighted by atomic mass is 16.5. The van der Waals surface area contributed by atoms with Crippen LogP contribution < -0.4 is 14.5 Å². The minimum Gasteiger partial charge on any atom is -0.496 e. The lowest BCUT2D eigenvalue weighted by Gasteiger charge is -2.36. The van der Waals surface area contributed by atoms with Crippen LogP contribution in [0.4, 0.5) is 11.5 Å². The molecule has 0 radical (unpaired) electrons. The van der Waals surface area contributed by atoms with Gasteiger partial charge in [-0.3, -0.25) is 4.79 Å². The first-order chi connectivity index (χ1) is 14.6. The second kappa shape index (κ2) is 9.30. The first-order valence-corrected chi connectivity index (χ1v) is 10.5. The predicted octanol–water partition coefficient (Wildman–Crippen LogP) is 1.52. The van der Waals surface area contributed by atoms with E-state index in [0.29, 0.717) is 19.5 Å². The van der Waals surface area contributed by atoms with Crippen LogP contribution in [-0.2, 0) is 16.0 Å². The van der Waals surface area contributed by atoms with E-state index in [1.807, 2.05) is 36.2 Å². The van der Waals surface area contributed by atoms with Crippen LogP contribution in [-0.4, -0.2) is 80.6 Å². The number of hydrogen-bond donors (Lipinski definition) is 0. The van der Waals surface area contributed by atoms with E-state index in [1.54, 1.807) is 7.11 Å². The molecule has 3 heterocycles. The van der Waals surface area contributed by atoms with Crippen LogP contribution >= 0.6 is 0 Å². The zero-order valence-electron chi connectivity index (χ0n) is 17.7. The highest BCUT2D eigenvalue weighted by Crippen LogP contribution is 2.22. The minimum atomic E-state index is 0.168.